The summed E-state index contributed by atoms with van der Waals surface area (Å²) in [4.78, 5) is 16.5. The molecule has 0 aromatic heterocycles. The SMILES string of the molecule is CCCCCCNOC(=O)CCCCCCC(O)CC(C)C. The number of carbonyl (C=O) groups is 1. The Balaban J connectivity index is 3.28. The highest BCUT2D eigenvalue weighted by atomic mass is 16.7. The van der Waals surface area contributed by atoms with E-state index in [9.17, 15) is 9.90 Å². The first kappa shape index (κ1) is 21.4. The van der Waals surface area contributed by atoms with Crippen molar-refractivity contribution in [1.82, 2.24) is 5.48 Å². The van der Waals surface area contributed by atoms with Crippen molar-refractivity contribution in [2.75, 3.05) is 6.54 Å². The van der Waals surface area contributed by atoms with Gasteiger partial charge in [-0.3, -0.25) is 4.79 Å². The maximum absolute atomic E-state index is 11.5. The van der Waals surface area contributed by atoms with Crippen LogP contribution in [-0.2, 0) is 9.63 Å². The molecule has 0 aromatic carbocycles. The highest BCUT2D eigenvalue weighted by molar-refractivity contribution is 5.68. The van der Waals surface area contributed by atoms with Crippen LogP contribution in [0.15, 0.2) is 0 Å². The number of aliphatic hydroxyl groups excluding tert-OH is 1. The summed E-state index contributed by atoms with van der Waals surface area (Å²) in [5, 5.41) is 9.76. The van der Waals surface area contributed by atoms with Crippen LogP contribution in [0.3, 0.4) is 0 Å². The number of rotatable bonds is 15. The number of unbranched alkanes of at least 4 members (excludes halogenated alkanes) is 6. The van der Waals surface area contributed by atoms with Gasteiger partial charge in [0.15, 0.2) is 0 Å². The van der Waals surface area contributed by atoms with E-state index < -0.39 is 0 Å². The zero-order valence-electron chi connectivity index (χ0n) is 14.9. The molecule has 0 bridgehead atoms. The lowest BCUT2D eigenvalue weighted by Crippen LogP contribution is -2.20. The first-order valence-corrected chi connectivity index (χ1v) is 9.16. The largest absolute Gasteiger partial charge is 0.393 e. The number of nitrogens with one attached hydrogen (secondary N) is 1. The van der Waals surface area contributed by atoms with Gasteiger partial charge >= 0.3 is 5.97 Å². The molecule has 0 amide bonds. The minimum Gasteiger partial charge on any atom is -0.393 e. The molecule has 0 aliphatic rings. The Morgan fingerprint density at radius 2 is 1.73 bits per heavy atom. The molecule has 0 aliphatic heterocycles. The molecule has 1 atom stereocenters. The zero-order chi connectivity index (χ0) is 16.6. The third kappa shape index (κ3) is 15.8. The van der Waals surface area contributed by atoms with Gasteiger partial charge in [0.1, 0.15) is 0 Å². The molecule has 0 aliphatic carbocycles. The normalized spacial score (nSPS) is 12.6. The Kier molecular flexibility index (Phi) is 14.9. The topological polar surface area (TPSA) is 58.6 Å². The Hall–Kier alpha value is -0.610. The lowest BCUT2D eigenvalue weighted by Gasteiger charge is -2.12. The molecule has 0 aromatic rings. The van der Waals surface area contributed by atoms with Crippen molar-refractivity contribution in [3.63, 3.8) is 0 Å². The molecule has 2 N–H and O–H groups in total. The molecule has 0 saturated carbocycles. The third-order valence-corrected chi connectivity index (χ3v) is 3.73. The fourth-order valence-corrected chi connectivity index (χ4v) is 2.47. The molecule has 1 unspecified atom stereocenters. The number of hydrogen-bond donors (Lipinski definition) is 2. The summed E-state index contributed by atoms with van der Waals surface area (Å²) >= 11 is 0. The predicted molar refractivity (Wildman–Crippen MR) is 91.4 cm³/mol. The first-order chi connectivity index (χ1) is 10.6. The minimum atomic E-state index is -0.165. The molecule has 0 radical (unpaired) electrons. The molecule has 0 spiro atoms. The second kappa shape index (κ2) is 15.3. The van der Waals surface area contributed by atoms with Crippen LogP contribution in [0.4, 0.5) is 0 Å². The summed E-state index contributed by atoms with van der Waals surface area (Å²) in [6.45, 7) is 7.19. The minimum absolute atomic E-state index is 0.157. The van der Waals surface area contributed by atoms with E-state index in [1.807, 2.05) is 0 Å². The summed E-state index contributed by atoms with van der Waals surface area (Å²) in [5.41, 5.74) is 2.75. The van der Waals surface area contributed by atoms with E-state index >= 15 is 0 Å². The Labute approximate surface area is 137 Å². The average molecular weight is 315 g/mol. The van der Waals surface area contributed by atoms with E-state index in [0.717, 1.165) is 51.5 Å². The maximum Gasteiger partial charge on any atom is 0.324 e. The monoisotopic (exact) mass is 315 g/mol. The molecule has 0 saturated heterocycles. The second-order valence-corrected chi connectivity index (χ2v) is 6.67. The fraction of sp³-hybridized carbons (Fsp3) is 0.944. The lowest BCUT2D eigenvalue weighted by atomic mass is 10.0. The van der Waals surface area contributed by atoms with Gasteiger partial charge in [0, 0.05) is 13.0 Å². The van der Waals surface area contributed by atoms with Crippen LogP contribution in [0.25, 0.3) is 0 Å². The van der Waals surface area contributed by atoms with E-state index in [0.29, 0.717) is 12.3 Å². The van der Waals surface area contributed by atoms with Crippen LogP contribution in [0.2, 0.25) is 0 Å². The van der Waals surface area contributed by atoms with Crippen molar-refractivity contribution >= 4 is 5.97 Å². The molecule has 22 heavy (non-hydrogen) atoms. The Morgan fingerprint density at radius 3 is 2.41 bits per heavy atom. The second-order valence-electron chi connectivity index (χ2n) is 6.67. The quantitative estimate of drug-likeness (QED) is 0.348. The summed E-state index contributed by atoms with van der Waals surface area (Å²) in [6.07, 6.45) is 10.8. The van der Waals surface area contributed by atoms with Crippen molar-refractivity contribution in [2.24, 2.45) is 5.92 Å². The van der Waals surface area contributed by atoms with E-state index in [2.05, 4.69) is 26.3 Å². The number of carbonyl (C=O) groups excluding carboxylic acids is 1. The summed E-state index contributed by atoms with van der Waals surface area (Å²) in [7, 11) is 0. The van der Waals surface area contributed by atoms with Gasteiger partial charge in [-0.05, 0) is 31.6 Å². The predicted octanol–water partition coefficient (Wildman–Crippen LogP) is 4.36. The van der Waals surface area contributed by atoms with Gasteiger partial charge < -0.3 is 9.94 Å². The average Bonchev–Trinajstić information content (AvgIpc) is 2.45. The fourth-order valence-electron chi connectivity index (χ4n) is 2.47. The van der Waals surface area contributed by atoms with Crippen LogP contribution < -0.4 is 5.48 Å². The summed E-state index contributed by atoms with van der Waals surface area (Å²) < 4.78 is 0. The van der Waals surface area contributed by atoms with Crippen molar-refractivity contribution in [3.05, 3.63) is 0 Å². The molecular weight excluding hydrogens is 278 g/mol. The maximum atomic E-state index is 11.5. The number of hydrogen-bond acceptors (Lipinski definition) is 4. The molecule has 132 valence electrons. The molecule has 4 heteroatoms. The number of aliphatic hydroxyl groups is 1. The molecule has 0 rings (SSSR count). The van der Waals surface area contributed by atoms with Crippen molar-refractivity contribution in [1.29, 1.82) is 0 Å². The van der Waals surface area contributed by atoms with Gasteiger partial charge in [0.25, 0.3) is 0 Å². The van der Waals surface area contributed by atoms with E-state index in [-0.39, 0.29) is 12.1 Å². The highest BCUT2D eigenvalue weighted by Crippen LogP contribution is 2.13. The summed E-state index contributed by atoms with van der Waals surface area (Å²) in [6, 6.07) is 0. The molecule has 0 fully saturated rings. The van der Waals surface area contributed by atoms with Crippen LogP contribution in [-0.4, -0.2) is 23.7 Å². The van der Waals surface area contributed by atoms with E-state index in [4.69, 9.17) is 4.84 Å². The standard InChI is InChI=1S/C18H37NO3/c1-4-5-6-11-14-19-22-18(21)13-10-8-7-9-12-17(20)15-16(2)3/h16-17,19-20H,4-15H2,1-3H3. The van der Waals surface area contributed by atoms with Crippen LogP contribution in [0, 0.1) is 5.92 Å². The van der Waals surface area contributed by atoms with Crippen LogP contribution >= 0.6 is 0 Å². The zero-order valence-corrected chi connectivity index (χ0v) is 14.9. The Morgan fingerprint density at radius 1 is 1.05 bits per heavy atom. The third-order valence-electron chi connectivity index (χ3n) is 3.73. The van der Waals surface area contributed by atoms with Gasteiger partial charge in [0.05, 0.1) is 6.10 Å². The van der Waals surface area contributed by atoms with Crippen molar-refractivity contribution < 1.29 is 14.7 Å². The number of hydroxylamine groups is 1. The van der Waals surface area contributed by atoms with Crippen molar-refractivity contribution in [2.45, 2.75) is 97.5 Å². The van der Waals surface area contributed by atoms with Gasteiger partial charge in [-0.25, -0.2) is 0 Å². The van der Waals surface area contributed by atoms with Gasteiger partial charge in [-0.15, -0.1) is 0 Å². The smallest absolute Gasteiger partial charge is 0.324 e. The summed E-state index contributed by atoms with van der Waals surface area (Å²) in [5.74, 6) is 0.398. The lowest BCUT2D eigenvalue weighted by molar-refractivity contribution is -0.151. The van der Waals surface area contributed by atoms with Crippen LogP contribution in [0.1, 0.15) is 91.4 Å². The van der Waals surface area contributed by atoms with Gasteiger partial charge in [-0.2, -0.15) is 5.48 Å². The van der Waals surface area contributed by atoms with Crippen LogP contribution in [0.5, 0.6) is 0 Å². The molecular formula is C18H37NO3. The molecule has 0 heterocycles. The van der Waals surface area contributed by atoms with Crippen molar-refractivity contribution in [3.8, 4) is 0 Å². The molecule has 4 nitrogen and oxygen atoms in total. The van der Waals surface area contributed by atoms with E-state index in [1.54, 1.807) is 0 Å². The van der Waals surface area contributed by atoms with E-state index in [1.165, 1.54) is 19.3 Å². The van der Waals surface area contributed by atoms with Gasteiger partial charge in [0.2, 0.25) is 0 Å². The highest BCUT2D eigenvalue weighted by Gasteiger charge is 2.07. The Bertz CT molecular complexity index is 257. The van der Waals surface area contributed by atoms with Gasteiger partial charge in [-0.1, -0.05) is 59.3 Å². The first-order valence-electron chi connectivity index (χ1n) is 9.16.